The molecule has 16 heavy (non-hydrogen) atoms. The first-order valence-electron chi connectivity index (χ1n) is 5.51. The van der Waals surface area contributed by atoms with Crippen LogP contribution >= 0.6 is 0 Å². The lowest BCUT2D eigenvalue weighted by molar-refractivity contribution is -0.262. The molecule has 0 aromatic rings. The van der Waals surface area contributed by atoms with Crippen LogP contribution in [0, 0.1) is 0 Å². The summed E-state index contributed by atoms with van der Waals surface area (Å²) in [4.78, 5) is 11.5. The van der Waals surface area contributed by atoms with Crippen LogP contribution in [0.5, 0.6) is 0 Å². The molecule has 0 aromatic heterocycles. The Morgan fingerprint density at radius 3 is 2.31 bits per heavy atom. The molecule has 0 fully saturated rings. The fraction of sp³-hybridized carbons (Fsp3) is 0.750. The molecule has 0 spiro atoms. The van der Waals surface area contributed by atoms with Gasteiger partial charge in [0, 0.05) is 25.7 Å². The normalized spacial score (nSPS) is 16.3. The van der Waals surface area contributed by atoms with E-state index in [1.165, 1.54) is 0 Å². The Hall–Kier alpha value is -0.870. The molecule has 2 unspecified atom stereocenters. The summed E-state index contributed by atoms with van der Waals surface area (Å²) in [7, 11) is 0. The first-order chi connectivity index (χ1) is 7.37. The Morgan fingerprint density at radius 2 is 1.94 bits per heavy atom. The molecule has 0 N–H and O–H groups in total. The third-order valence-corrected chi connectivity index (χ3v) is 2.23. The van der Waals surface area contributed by atoms with Crippen LogP contribution in [0.1, 0.15) is 34.6 Å². The smallest absolute Gasteiger partial charge is 0.335 e. The second kappa shape index (κ2) is 6.66. The van der Waals surface area contributed by atoms with Crippen molar-refractivity contribution in [2.75, 3.05) is 13.2 Å². The standard InChI is InChI=1S/C12H22O4/c1-7-14-10(5)12(6,15-8-2)16-11(13)9(3)4/h10H,3,7-8H2,1-2,4-6H3. The summed E-state index contributed by atoms with van der Waals surface area (Å²) in [6.07, 6.45) is -0.333. The van der Waals surface area contributed by atoms with Crippen LogP contribution in [0.3, 0.4) is 0 Å². The summed E-state index contributed by atoms with van der Waals surface area (Å²) in [5.41, 5.74) is 0.342. The lowest BCUT2D eigenvalue weighted by atomic mass is 10.2. The van der Waals surface area contributed by atoms with Crippen LogP contribution < -0.4 is 0 Å². The van der Waals surface area contributed by atoms with Crippen LogP contribution in [-0.4, -0.2) is 31.1 Å². The predicted molar refractivity (Wildman–Crippen MR) is 62.0 cm³/mol. The molecule has 0 amide bonds. The summed E-state index contributed by atoms with van der Waals surface area (Å²) < 4.78 is 16.1. The summed E-state index contributed by atoms with van der Waals surface area (Å²) in [5, 5.41) is 0. The van der Waals surface area contributed by atoms with Crippen molar-refractivity contribution >= 4 is 5.97 Å². The first-order valence-corrected chi connectivity index (χ1v) is 5.51. The van der Waals surface area contributed by atoms with Crippen LogP contribution in [0.2, 0.25) is 0 Å². The molecule has 0 heterocycles. The second-order valence-electron chi connectivity index (χ2n) is 3.72. The second-order valence-corrected chi connectivity index (χ2v) is 3.72. The van der Waals surface area contributed by atoms with E-state index in [-0.39, 0.29) is 6.10 Å². The summed E-state index contributed by atoms with van der Waals surface area (Å²) in [6.45, 7) is 13.3. The number of hydrogen-bond acceptors (Lipinski definition) is 4. The van der Waals surface area contributed by atoms with Gasteiger partial charge >= 0.3 is 5.97 Å². The van der Waals surface area contributed by atoms with Gasteiger partial charge in [0.1, 0.15) is 6.10 Å². The number of rotatable bonds is 7. The van der Waals surface area contributed by atoms with Gasteiger partial charge in [0.05, 0.1) is 0 Å². The SMILES string of the molecule is C=C(C)C(=O)OC(C)(OCC)C(C)OCC. The van der Waals surface area contributed by atoms with Gasteiger partial charge in [-0.2, -0.15) is 0 Å². The van der Waals surface area contributed by atoms with Crippen LogP contribution in [0.4, 0.5) is 0 Å². The van der Waals surface area contributed by atoms with Crippen molar-refractivity contribution in [1.82, 2.24) is 0 Å². The fourth-order valence-electron chi connectivity index (χ4n) is 1.19. The van der Waals surface area contributed by atoms with Crippen molar-refractivity contribution in [3.8, 4) is 0 Å². The van der Waals surface area contributed by atoms with E-state index in [1.807, 2.05) is 20.8 Å². The number of esters is 1. The first kappa shape index (κ1) is 15.1. The minimum atomic E-state index is -1.07. The lowest BCUT2D eigenvalue weighted by Gasteiger charge is -2.34. The third kappa shape index (κ3) is 4.33. The Kier molecular flexibility index (Phi) is 6.29. The number of ether oxygens (including phenoxy) is 3. The molecule has 0 radical (unpaired) electrons. The van der Waals surface area contributed by atoms with E-state index in [4.69, 9.17) is 14.2 Å². The van der Waals surface area contributed by atoms with Gasteiger partial charge in [0.15, 0.2) is 0 Å². The Balaban J connectivity index is 4.67. The van der Waals surface area contributed by atoms with Crippen molar-refractivity contribution in [2.24, 2.45) is 0 Å². The molecule has 0 rings (SSSR count). The minimum absolute atomic E-state index is 0.333. The highest BCUT2D eigenvalue weighted by Gasteiger charge is 2.37. The van der Waals surface area contributed by atoms with Gasteiger partial charge in [-0.3, -0.25) is 0 Å². The summed E-state index contributed by atoms with van der Waals surface area (Å²) in [5.74, 6) is -1.54. The molecule has 2 atom stereocenters. The molecule has 0 saturated carbocycles. The number of carbonyl (C=O) groups is 1. The largest absolute Gasteiger partial charge is 0.427 e. The minimum Gasteiger partial charge on any atom is -0.427 e. The van der Waals surface area contributed by atoms with Crippen molar-refractivity contribution in [3.63, 3.8) is 0 Å². The van der Waals surface area contributed by atoms with E-state index in [1.54, 1.807) is 13.8 Å². The highest BCUT2D eigenvalue weighted by molar-refractivity contribution is 5.87. The van der Waals surface area contributed by atoms with Gasteiger partial charge in [-0.05, 0) is 27.7 Å². The molecule has 4 heteroatoms. The summed E-state index contributed by atoms with van der Waals surface area (Å²) in [6, 6.07) is 0. The van der Waals surface area contributed by atoms with Gasteiger partial charge in [0.2, 0.25) is 5.79 Å². The van der Waals surface area contributed by atoms with Gasteiger partial charge in [-0.15, -0.1) is 0 Å². The maximum absolute atomic E-state index is 11.5. The lowest BCUT2D eigenvalue weighted by Crippen LogP contribution is -2.46. The quantitative estimate of drug-likeness (QED) is 0.382. The molecule has 0 saturated heterocycles. The number of hydrogen-bond donors (Lipinski definition) is 0. The van der Waals surface area contributed by atoms with Crippen LogP contribution in [-0.2, 0) is 19.0 Å². The molecule has 4 nitrogen and oxygen atoms in total. The average molecular weight is 230 g/mol. The Labute approximate surface area is 97.6 Å². The Bertz CT molecular complexity index is 249. The Morgan fingerprint density at radius 1 is 1.38 bits per heavy atom. The van der Waals surface area contributed by atoms with Crippen LogP contribution in [0.25, 0.3) is 0 Å². The predicted octanol–water partition coefficient (Wildman–Crippen LogP) is 2.28. The van der Waals surface area contributed by atoms with E-state index < -0.39 is 11.8 Å². The van der Waals surface area contributed by atoms with Gasteiger partial charge in [-0.25, -0.2) is 4.79 Å². The molecule has 94 valence electrons. The molecular formula is C12H22O4. The van der Waals surface area contributed by atoms with E-state index in [0.717, 1.165) is 0 Å². The van der Waals surface area contributed by atoms with Gasteiger partial charge in [-0.1, -0.05) is 6.58 Å². The average Bonchev–Trinajstić information content (AvgIpc) is 2.18. The maximum atomic E-state index is 11.5. The van der Waals surface area contributed by atoms with Gasteiger partial charge in [0.25, 0.3) is 0 Å². The van der Waals surface area contributed by atoms with Crippen molar-refractivity contribution in [2.45, 2.75) is 46.5 Å². The zero-order valence-corrected chi connectivity index (χ0v) is 10.8. The molecule has 0 aliphatic rings. The van der Waals surface area contributed by atoms with Crippen LogP contribution in [0.15, 0.2) is 12.2 Å². The highest BCUT2D eigenvalue weighted by Crippen LogP contribution is 2.21. The molecule has 0 aliphatic heterocycles. The maximum Gasteiger partial charge on any atom is 0.335 e. The van der Waals surface area contributed by atoms with E-state index in [2.05, 4.69) is 6.58 Å². The zero-order chi connectivity index (χ0) is 12.8. The number of carbonyl (C=O) groups excluding carboxylic acids is 1. The monoisotopic (exact) mass is 230 g/mol. The van der Waals surface area contributed by atoms with Crippen molar-refractivity contribution < 1.29 is 19.0 Å². The summed E-state index contributed by atoms with van der Waals surface area (Å²) >= 11 is 0. The molecule has 0 aromatic carbocycles. The van der Waals surface area contributed by atoms with Crippen molar-refractivity contribution in [3.05, 3.63) is 12.2 Å². The van der Waals surface area contributed by atoms with E-state index in [9.17, 15) is 4.79 Å². The van der Waals surface area contributed by atoms with Gasteiger partial charge < -0.3 is 14.2 Å². The zero-order valence-electron chi connectivity index (χ0n) is 10.8. The third-order valence-electron chi connectivity index (χ3n) is 2.23. The highest BCUT2D eigenvalue weighted by atomic mass is 16.7. The fourth-order valence-corrected chi connectivity index (χ4v) is 1.19. The molecular weight excluding hydrogens is 208 g/mol. The molecule has 0 aliphatic carbocycles. The van der Waals surface area contributed by atoms with Crippen molar-refractivity contribution in [1.29, 1.82) is 0 Å². The topological polar surface area (TPSA) is 44.8 Å². The molecule has 0 bridgehead atoms. The van der Waals surface area contributed by atoms with E-state index >= 15 is 0 Å². The van der Waals surface area contributed by atoms with E-state index in [0.29, 0.717) is 18.8 Å².